The van der Waals surface area contributed by atoms with E-state index in [1.165, 1.54) is 11.1 Å². The minimum absolute atomic E-state index is 0.267. The maximum atomic E-state index is 5.79. The predicted molar refractivity (Wildman–Crippen MR) is 66.9 cm³/mol. The molecule has 0 bridgehead atoms. The quantitative estimate of drug-likeness (QED) is 0.592. The van der Waals surface area contributed by atoms with Gasteiger partial charge < -0.3 is 4.74 Å². The third kappa shape index (κ3) is 2.90. The van der Waals surface area contributed by atoms with Gasteiger partial charge in [0.1, 0.15) is 0 Å². The van der Waals surface area contributed by atoms with Crippen molar-refractivity contribution in [3.05, 3.63) is 35.4 Å². The molecule has 1 nitrogen and oxygen atoms in total. The number of thioether (sulfide) groups is 1. The summed E-state index contributed by atoms with van der Waals surface area (Å²) in [5.74, 6) is 2.74. The van der Waals surface area contributed by atoms with Gasteiger partial charge in [-0.05, 0) is 17.5 Å². The van der Waals surface area contributed by atoms with Crippen LogP contribution in [0.3, 0.4) is 0 Å². The molecule has 82 valence electrons. The van der Waals surface area contributed by atoms with Crippen LogP contribution in [-0.2, 0) is 11.2 Å². The Balaban J connectivity index is 2.02. The second kappa shape index (κ2) is 5.78. The molecule has 2 rings (SSSR count). The normalized spacial score (nSPS) is 19.9. The first kappa shape index (κ1) is 11.3. The molecular formula is C12H15ClOS. The lowest BCUT2D eigenvalue weighted by atomic mass is 9.99. The van der Waals surface area contributed by atoms with Crippen LogP contribution in [0, 0.1) is 0 Å². The molecule has 0 radical (unpaired) electrons. The van der Waals surface area contributed by atoms with Gasteiger partial charge in [-0.1, -0.05) is 24.3 Å². The highest BCUT2D eigenvalue weighted by molar-refractivity contribution is 7.99. The van der Waals surface area contributed by atoms with Gasteiger partial charge in [0.25, 0.3) is 0 Å². The molecule has 0 amide bonds. The average molecular weight is 243 g/mol. The van der Waals surface area contributed by atoms with Crippen molar-refractivity contribution in [2.45, 2.75) is 12.5 Å². The first-order chi connectivity index (χ1) is 7.42. The molecule has 0 aromatic heterocycles. The zero-order valence-corrected chi connectivity index (χ0v) is 10.2. The van der Waals surface area contributed by atoms with E-state index in [1.54, 1.807) is 0 Å². The highest BCUT2D eigenvalue weighted by Crippen LogP contribution is 2.29. The monoisotopic (exact) mass is 242 g/mol. The Kier molecular flexibility index (Phi) is 4.36. The molecule has 1 atom stereocenters. The van der Waals surface area contributed by atoms with E-state index in [0.29, 0.717) is 0 Å². The summed E-state index contributed by atoms with van der Waals surface area (Å²) in [6.45, 7) is 0.850. The van der Waals surface area contributed by atoms with Gasteiger partial charge in [-0.15, -0.1) is 11.6 Å². The highest BCUT2D eigenvalue weighted by atomic mass is 35.5. The van der Waals surface area contributed by atoms with E-state index in [4.69, 9.17) is 16.3 Å². The Morgan fingerprint density at radius 3 is 3.13 bits per heavy atom. The summed E-state index contributed by atoms with van der Waals surface area (Å²) < 4.78 is 5.79. The first-order valence-electron chi connectivity index (χ1n) is 5.25. The van der Waals surface area contributed by atoms with Crippen LogP contribution in [0.15, 0.2) is 24.3 Å². The van der Waals surface area contributed by atoms with Gasteiger partial charge in [0.2, 0.25) is 0 Å². The first-order valence-corrected chi connectivity index (χ1v) is 6.94. The molecule has 1 aromatic carbocycles. The van der Waals surface area contributed by atoms with Gasteiger partial charge in [-0.25, -0.2) is 0 Å². The lowest BCUT2D eigenvalue weighted by Gasteiger charge is -2.25. The molecule has 3 heteroatoms. The van der Waals surface area contributed by atoms with Crippen molar-refractivity contribution >= 4 is 23.4 Å². The van der Waals surface area contributed by atoms with Crippen LogP contribution in [0.1, 0.15) is 17.2 Å². The fourth-order valence-electron chi connectivity index (χ4n) is 1.86. The lowest BCUT2D eigenvalue weighted by Crippen LogP contribution is -2.18. The van der Waals surface area contributed by atoms with Crippen molar-refractivity contribution < 1.29 is 4.74 Å². The Bertz CT molecular complexity index is 316. The molecule has 0 saturated carbocycles. The topological polar surface area (TPSA) is 9.23 Å². The van der Waals surface area contributed by atoms with E-state index in [2.05, 4.69) is 24.3 Å². The number of ether oxygens (including phenoxy) is 1. The van der Waals surface area contributed by atoms with Crippen molar-refractivity contribution in [1.29, 1.82) is 0 Å². The number of alkyl halides is 1. The van der Waals surface area contributed by atoms with Gasteiger partial charge in [-0.2, -0.15) is 11.8 Å². The Morgan fingerprint density at radius 2 is 2.27 bits per heavy atom. The van der Waals surface area contributed by atoms with Crippen molar-refractivity contribution in [1.82, 2.24) is 0 Å². The zero-order valence-electron chi connectivity index (χ0n) is 8.62. The molecule has 15 heavy (non-hydrogen) atoms. The number of halogens is 1. The van der Waals surface area contributed by atoms with E-state index >= 15 is 0 Å². The minimum Gasteiger partial charge on any atom is -0.372 e. The van der Waals surface area contributed by atoms with Crippen LogP contribution in [0.2, 0.25) is 0 Å². The molecular weight excluding hydrogens is 228 g/mol. The molecule has 1 aromatic rings. The maximum absolute atomic E-state index is 5.79. The van der Waals surface area contributed by atoms with Crippen LogP contribution >= 0.6 is 23.4 Å². The summed E-state index contributed by atoms with van der Waals surface area (Å²) in [5, 5.41) is 0. The zero-order chi connectivity index (χ0) is 10.5. The highest BCUT2D eigenvalue weighted by Gasteiger charge is 2.19. The van der Waals surface area contributed by atoms with Crippen LogP contribution in [0.5, 0.6) is 0 Å². The van der Waals surface area contributed by atoms with E-state index < -0.39 is 0 Å². The minimum atomic E-state index is 0.267. The average Bonchev–Trinajstić information content (AvgIpc) is 2.30. The predicted octanol–water partition coefficient (Wildman–Crippen LogP) is 3.27. The lowest BCUT2D eigenvalue weighted by molar-refractivity contribution is 0.0588. The summed E-state index contributed by atoms with van der Waals surface area (Å²) in [5.41, 5.74) is 2.81. The van der Waals surface area contributed by atoms with Crippen molar-refractivity contribution in [3.8, 4) is 0 Å². The standard InChI is InChI=1S/C12H15ClOS/c13-6-8-15-9-12-11-4-2-1-3-10(11)5-7-14-12/h1-4,12H,5-9H2. The van der Waals surface area contributed by atoms with E-state index in [-0.39, 0.29) is 6.10 Å². The summed E-state index contributed by atoms with van der Waals surface area (Å²) in [4.78, 5) is 0. The van der Waals surface area contributed by atoms with Crippen molar-refractivity contribution in [2.24, 2.45) is 0 Å². The van der Waals surface area contributed by atoms with E-state index in [9.17, 15) is 0 Å². The summed E-state index contributed by atoms with van der Waals surface area (Å²) in [6, 6.07) is 8.58. The van der Waals surface area contributed by atoms with Crippen LogP contribution in [0.4, 0.5) is 0 Å². The van der Waals surface area contributed by atoms with Crippen LogP contribution in [-0.4, -0.2) is 24.0 Å². The molecule has 0 fully saturated rings. The second-order valence-electron chi connectivity index (χ2n) is 3.57. The van der Waals surface area contributed by atoms with E-state index in [0.717, 1.165) is 30.4 Å². The smallest absolute Gasteiger partial charge is 0.0918 e. The number of rotatable bonds is 4. The maximum Gasteiger partial charge on any atom is 0.0918 e. The number of fused-ring (bicyclic) bond motifs is 1. The molecule has 0 N–H and O–H groups in total. The van der Waals surface area contributed by atoms with E-state index in [1.807, 2.05) is 11.8 Å². The molecule has 1 aliphatic heterocycles. The molecule has 0 aliphatic carbocycles. The van der Waals surface area contributed by atoms with Gasteiger partial charge in [-0.3, -0.25) is 0 Å². The molecule has 1 unspecified atom stereocenters. The summed E-state index contributed by atoms with van der Waals surface area (Å²) >= 11 is 7.52. The van der Waals surface area contributed by atoms with Crippen molar-refractivity contribution in [3.63, 3.8) is 0 Å². The molecule has 1 heterocycles. The van der Waals surface area contributed by atoms with Crippen LogP contribution in [0.25, 0.3) is 0 Å². The SMILES string of the molecule is ClCCSCC1OCCc2ccccc21. The molecule has 1 aliphatic rings. The fraction of sp³-hybridized carbons (Fsp3) is 0.500. The largest absolute Gasteiger partial charge is 0.372 e. The Labute approximate surface area is 100 Å². The van der Waals surface area contributed by atoms with Crippen molar-refractivity contribution in [2.75, 3.05) is 24.0 Å². The van der Waals surface area contributed by atoms with Gasteiger partial charge >= 0.3 is 0 Å². The second-order valence-corrected chi connectivity index (χ2v) is 5.10. The third-order valence-electron chi connectivity index (χ3n) is 2.58. The fourth-order valence-corrected chi connectivity index (χ4v) is 2.95. The summed E-state index contributed by atoms with van der Waals surface area (Å²) in [6.07, 6.45) is 1.32. The number of hydrogen-bond acceptors (Lipinski definition) is 2. The van der Waals surface area contributed by atoms with Gasteiger partial charge in [0, 0.05) is 17.4 Å². The third-order valence-corrected chi connectivity index (χ3v) is 4.03. The Morgan fingerprint density at radius 1 is 1.40 bits per heavy atom. The van der Waals surface area contributed by atoms with Gasteiger partial charge in [0.05, 0.1) is 12.7 Å². The Hall–Kier alpha value is -0.180. The molecule has 0 spiro atoms. The van der Waals surface area contributed by atoms with Gasteiger partial charge in [0.15, 0.2) is 0 Å². The molecule has 0 saturated heterocycles. The van der Waals surface area contributed by atoms with Crippen LogP contribution < -0.4 is 0 Å². The summed E-state index contributed by atoms with van der Waals surface area (Å²) in [7, 11) is 0. The number of benzene rings is 1. The number of hydrogen-bond donors (Lipinski definition) is 0.